The Morgan fingerprint density at radius 1 is 1.05 bits per heavy atom. The molecule has 2 aromatic carbocycles. The monoisotopic (exact) mass is 309 g/mol. The van der Waals surface area contributed by atoms with Crippen LogP contribution in [0.3, 0.4) is 0 Å². The Bertz CT molecular complexity index is 709. The first kappa shape index (κ1) is 15.0. The second kappa shape index (κ2) is 5.95. The van der Waals surface area contributed by atoms with Crippen molar-refractivity contribution in [3.63, 3.8) is 0 Å². The van der Waals surface area contributed by atoms with Gasteiger partial charge in [-0.3, -0.25) is 0 Å². The minimum absolute atomic E-state index is 0.243. The van der Waals surface area contributed by atoms with Crippen LogP contribution >= 0.6 is 11.6 Å². The first-order valence-corrected chi connectivity index (χ1v) is 8.06. The van der Waals surface area contributed by atoms with Gasteiger partial charge in [0.05, 0.1) is 4.90 Å². The molecule has 0 saturated carbocycles. The summed E-state index contributed by atoms with van der Waals surface area (Å²) in [5.41, 5.74) is 2.65. The third kappa shape index (κ3) is 3.60. The van der Waals surface area contributed by atoms with Gasteiger partial charge in [-0.05, 0) is 43.2 Å². The molecule has 0 radical (unpaired) electrons. The highest BCUT2D eigenvalue weighted by Crippen LogP contribution is 2.17. The molecule has 0 atom stereocenters. The lowest BCUT2D eigenvalue weighted by Gasteiger charge is -2.10. The molecule has 2 aromatic rings. The molecule has 0 aliphatic rings. The van der Waals surface area contributed by atoms with Crippen molar-refractivity contribution in [2.24, 2.45) is 0 Å². The molecule has 2 rings (SSSR count). The molecule has 0 saturated heterocycles. The van der Waals surface area contributed by atoms with Crippen molar-refractivity contribution < 1.29 is 8.42 Å². The molecule has 0 spiro atoms. The Kier molecular flexibility index (Phi) is 4.48. The van der Waals surface area contributed by atoms with Crippen molar-refractivity contribution in [2.75, 3.05) is 0 Å². The summed E-state index contributed by atoms with van der Waals surface area (Å²) in [5.74, 6) is 0. The van der Waals surface area contributed by atoms with Crippen LogP contribution in [0.25, 0.3) is 0 Å². The first-order chi connectivity index (χ1) is 9.38. The summed E-state index contributed by atoms with van der Waals surface area (Å²) in [6.45, 7) is 3.97. The molecule has 0 bridgehead atoms. The predicted molar refractivity (Wildman–Crippen MR) is 81.4 cm³/mol. The fraction of sp³-hybridized carbons (Fsp3) is 0.200. The predicted octanol–water partition coefficient (Wildman–Crippen LogP) is 3.44. The van der Waals surface area contributed by atoms with E-state index in [2.05, 4.69) is 4.72 Å². The summed E-state index contributed by atoms with van der Waals surface area (Å²) < 4.78 is 27.1. The lowest BCUT2D eigenvalue weighted by molar-refractivity contribution is 0.580. The molecule has 0 aliphatic heterocycles. The van der Waals surface area contributed by atoms with E-state index in [9.17, 15) is 8.42 Å². The van der Waals surface area contributed by atoms with Crippen LogP contribution in [0.1, 0.15) is 16.7 Å². The van der Waals surface area contributed by atoms with Gasteiger partial charge in [0.2, 0.25) is 10.0 Å². The average molecular weight is 310 g/mol. The van der Waals surface area contributed by atoms with E-state index in [1.807, 2.05) is 13.0 Å². The summed E-state index contributed by atoms with van der Waals surface area (Å²) in [5, 5.41) is 0.631. The number of nitrogens with one attached hydrogen (secondary N) is 1. The molecule has 20 heavy (non-hydrogen) atoms. The van der Waals surface area contributed by atoms with Crippen molar-refractivity contribution >= 4 is 21.6 Å². The number of rotatable bonds is 4. The highest BCUT2D eigenvalue weighted by molar-refractivity contribution is 7.89. The van der Waals surface area contributed by atoms with Crippen LogP contribution in [0.2, 0.25) is 5.02 Å². The van der Waals surface area contributed by atoms with E-state index in [1.54, 1.807) is 43.3 Å². The Hall–Kier alpha value is -1.36. The normalized spacial score (nSPS) is 11.6. The van der Waals surface area contributed by atoms with Crippen molar-refractivity contribution in [1.29, 1.82) is 0 Å². The fourth-order valence-electron chi connectivity index (χ4n) is 1.96. The van der Waals surface area contributed by atoms with Crippen molar-refractivity contribution in [3.8, 4) is 0 Å². The Labute approximate surface area is 124 Å². The number of hydrogen-bond donors (Lipinski definition) is 1. The Morgan fingerprint density at radius 3 is 2.30 bits per heavy atom. The molecule has 0 amide bonds. The van der Waals surface area contributed by atoms with Crippen LogP contribution in [-0.2, 0) is 16.6 Å². The smallest absolute Gasteiger partial charge is 0.207 e. The topological polar surface area (TPSA) is 46.2 Å². The van der Waals surface area contributed by atoms with Crippen LogP contribution < -0.4 is 4.72 Å². The van der Waals surface area contributed by atoms with Gasteiger partial charge in [0.15, 0.2) is 0 Å². The molecule has 3 nitrogen and oxygen atoms in total. The summed E-state index contributed by atoms with van der Waals surface area (Å²) in [7, 11) is -3.50. The van der Waals surface area contributed by atoms with E-state index in [4.69, 9.17) is 11.6 Å². The maximum absolute atomic E-state index is 12.3. The quantitative estimate of drug-likeness (QED) is 0.940. The number of benzene rings is 2. The highest BCUT2D eigenvalue weighted by atomic mass is 35.5. The highest BCUT2D eigenvalue weighted by Gasteiger charge is 2.16. The number of sulfonamides is 1. The summed E-state index contributed by atoms with van der Waals surface area (Å²) in [4.78, 5) is 0.317. The molecule has 106 valence electrons. The zero-order chi connectivity index (χ0) is 14.8. The lowest BCUT2D eigenvalue weighted by atomic mass is 10.2. The van der Waals surface area contributed by atoms with Crippen LogP contribution in [0.15, 0.2) is 47.4 Å². The third-order valence-corrected chi connectivity index (χ3v) is 4.81. The number of halogens is 1. The van der Waals surface area contributed by atoms with Gasteiger partial charge in [0.25, 0.3) is 0 Å². The van der Waals surface area contributed by atoms with Gasteiger partial charge in [0, 0.05) is 11.6 Å². The van der Waals surface area contributed by atoms with Gasteiger partial charge < -0.3 is 0 Å². The van der Waals surface area contributed by atoms with Gasteiger partial charge in [-0.15, -0.1) is 0 Å². The maximum atomic E-state index is 12.3. The van der Waals surface area contributed by atoms with Crippen LogP contribution in [-0.4, -0.2) is 8.42 Å². The van der Waals surface area contributed by atoms with Crippen LogP contribution in [0.5, 0.6) is 0 Å². The van der Waals surface area contributed by atoms with Crippen LogP contribution in [0.4, 0.5) is 0 Å². The van der Waals surface area contributed by atoms with E-state index in [-0.39, 0.29) is 6.54 Å². The number of aryl methyl sites for hydroxylation is 2. The molecule has 0 fully saturated rings. The fourth-order valence-corrected chi connectivity index (χ4v) is 3.33. The largest absolute Gasteiger partial charge is 0.241 e. The van der Waals surface area contributed by atoms with Crippen molar-refractivity contribution in [2.45, 2.75) is 25.3 Å². The van der Waals surface area contributed by atoms with Gasteiger partial charge in [-0.2, -0.15) is 0 Å². The lowest BCUT2D eigenvalue weighted by Crippen LogP contribution is -2.24. The summed E-state index contributed by atoms with van der Waals surface area (Å²) in [6.07, 6.45) is 0. The van der Waals surface area contributed by atoms with E-state index in [0.29, 0.717) is 9.92 Å². The number of hydrogen-bond acceptors (Lipinski definition) is 2. The van der Waals surface area contributed by atoms with Gasteiger partial charge >= 0.3 is 0 Å². The second-order valence-corrected chi connectivity index (χ2v) is 6.89. The third-order valence-electron chi connectivity index (χ3n) is 3.00. The standard InChI is InChI=1S/C15H16ClNO2S/c1-11-3-8-15(12(2)9-11)20(18,19)17-10-13-4-6-14(16)7-5-13/h3-9,17H,10H2,1-2H3. The molecular weight excluding hydrogens is 294 g/mol. The van der Waals surface area contributed by atoms with E-state index < -0.39 is 10.0 Å². The Morgan fingerprint density at radius 2 is 1.70 bits per heavy atom. The molecule has 0 aromatic heterocycles. The minimum atomic E-state index is -3.50. The zero-order valence-corrected chi connectivity index (χ0v) is 12.9. The maximum Gasteiger partial charge on any atom is 0.241 e. The molecule has 0 unspecified atom stereocenters. The first-order valence-electron chi connectivity index (χ1n) is 6.20. The van der Waals surface area contributed by atoms with Crippen molar-refractivity contribution in [3.05, 3.63) is 64.2 Å². The van der Waals surface area contributed by atoms with Gasteiger partial charge in [-0.1, -0.05) is 41.4 Å². The molecular formula is C15H16ClNO2S. The van der Waals surface area contributed by atoms with Crippen LogP contribution in [0, 0.1) is 13.8 Å². The minimum Gasteiger partial charge on any atom is -0.207 e. The second-order valence-electron chi connectivity index (χ2n) is 4.72. The average Bonchev–Trinajstić information content (AvgIpc) is 2.37. The molecule has 1 N–H and O–H groups in total. The summed E-state index contributed by atoms with van der Waals surface area (Å²) in [6, 6.07) is 12.4. The summed E-state index contributed by atoms with van der Waals surface area (Å²) >= 11 is 5.79. The zero-order valence-electron chi connectivity index (χ0n) is 11.4. The molecule has 0 aliphatic carbocycles. The molecule has 5 heteroatoms. The van der Waals surface area contributed by atoms with E-state index in [0.717, 1.165) is 16.7 Å². The van der Waals surface area contributed by atoms with Gasteiger partial charge in [-0.25, -0.2) is 13.1 Å². The molecule has 0 heterocycles. The SMILES string of the molecule is Cc1ccc(S(=O)(=O)NCc2ccc(Cl)cc2)c(C)c1. The Balaban J connectivity index is 2.17. The van der Waals surface area contributed by atoms with E-state index >= 15 is 0 Å². The van der Waals surface area contributed by atoms with E-state index in [1.165, 1.54) is 0 Å². The van der Waals surface area contributed by atoms with Gasteiger partial charge in [0.1, 0.15) is 0 Å². The van der Waals surface area contributed by atoms with Crippen molar-refractivity contribution in [1.82, 2.24) is 4.72 Å².